The highest BCUT2D eigenvalue weighted by atomic mass is 127. The summed E-state index contributed by atoms with van der Waals surface area (Å²) in [6, 6.07) is 16.6. The molecule has 0 atom stereocenters. The van der Waals surface area contributed by atoms with Crippen molar-refractivity contribution in [3.8, 4) is 17.2 Å². The van der Waals surface area contributed by atoms with Crippen molar-refractivity contribution in [3.05, 3.63) is 91.0 Å². The van der Waals surface area contributed by atoms with Crippen molar-refractivity contribution in [3.63, 3.8) is 0 Å². The summed E-state index contributed by atoms with van der Waals surface area (Å²) in [5, 5.41) is 14.9. The zero-order valence-corrected chi connectivity index (χ0v) is 21.4. The number of nitrogens with one attached hydrogen (secondary N) is 1. The molecule has 10 heteroatoms. The fourth-order valence-electron chi connectivity index (χ4n) is 3.03. The Morgan fingerprint density at radius 1 is 1.03 bits per heavy atom. The van der Waals surface area contributed by atoms with Crippen molar-refractivity contribution in [2.45, 2.75) is 20.5 Å². The van der Waals surface area contributed by atoms with E-state index in [-0.39, 0.29) is 18.2 Å². The van der Waals surface area contributed by atoms with E-state index in [9.17, 15) is 14.9 Å². The van der Waals surface area contributed by atoms with E-state index in [1.807, 2.05) is 19.9 Å². The minimum Gasteiger partial charge on any atom is -0.494 e. The summed E-state index contributed by atoms with van der Waals surface area (Å²) >= 11 is 2.14. The van der Waals surface area contributed by atoms with Crippen molar-refractivity contribution >= 4 is 40.4 Å². The fraction of sp³-hybridized carbons (Fsp3) is 0.200. The highest BCUT2D eigenvalue weighted by Crippen LogP contribution is 2.34. The molecule has 0 bridgehead atoms. The van der Waals surface area contributed by atoms with Gasteiger partial charge in [-0.1, -0.05) is 0 Å². The van der Waals surface area contributed by atoms with Gasteiger partial charge in [0.1, 0.15) is 12.4 Å². The van der Waals surface area contributed by atoms with Crippen molar-refractivity contribution < 1.29 is 23.9 Å². The zero-order chi connectivity index (χ0) is 25.2. The molecule has 0 fully saturated rings. The lowest BCUT2D eigenvalue weighted by atomic mass is 10.2. The van der Waals surface area contributed by atoms with E-state index in [1.54, 1.807) is 42.5 Å². The summed E-state index contributed by atoms with van der Waals surface area (Å²) in [5.74, 6) is 1.44. The van der Waals surface area contributed by atoms with Crippen LogP contribution in [0.15, 0.2) is 65.8 Å². The molecule has 0 unspecified atom stereocenters. The summed E-state index contributed by atoms with van der Waals surface area (Å²) < 4.78 is 17.9. The molecule has 182 valence electrons. The average molecular weight is 589 g/mol. The normalized spacial score (nSPS) is 10.7. The molecule has 3 rings (SSSR count). The number of hydrogen-bond acceptors (Lipinski definition) is 7. The molecule has 0 aliphatic heterocycles. The minimum absolute atomic E-state index is 0.0246. The third-order valence-corrected chi connectivity index (χ3v) is 5.47. The Balaban J connectivity index is 1.67. The van der Waals surface area contributed by atoms with Gasteiger partial charge < -0.3 is 14.2 Å². The molecule has 0 heterocycles. The van der Waals surface area contributed by atoms with Crippen LogP contribution in [0.1, 0.15) is 35.3 Å². The average Bonchev–Trinajstić information content (AvgIpc) is 2.84. The number of nitro benzene ring substituents is 1. The first-order valence-corrected chi connectivity index (χ1v) is 11.9. The number of nitrogens with zero attached hydrogens (tertiary/aromatic N) is 2. The van der Waals surface area contributed by atoms with Gasteiger partial charge >= 0.3 is 0 Å². The van der Waals surface area contributed by atoms with Gasteiger partial charge in [-0.25, -0.2) is 5.43 Å². The van der Waals surface area contributed by atoms with Gasteiger partial charge in [0.05, 0.1) is 27.9 Å². The predicted octanol–water partition coefficient (Wildman–Crippen LogP) is 5.34. The maximum Gasteiger partial charge on any atom is 0.271 e. The van der Waals surface area contributed by atoms with Crippen molar-refractivity contribution in [2.24, 2.45) is 5.10 Å². The number of rotatable bonds is 11. The number of carbonyl (C=O) groups is 1. The second-order valence-electron chi connectivity index (χ2n) is 7.13. The van der Waals surface area contributed by atoms with E-state index in [4.69, 9.17) is 14.2 Å². The minimum atomic E-state index is -0.443. The molecule has 1 N–H and O–H groups in total. The lowest BCUT2D eigenvalue weighted by molar-refractivity contribution is -0.384. The molecule has 0 aliphatic carbocycles. The second-order valence-corrected chi connectivity index (χ2v) is 8.29. The molecule has 3 aromatic rings. The van der Waals surface area contributed by atoms with Gasteiger partial charge in [-0.15, -0.1) is 0 Å². The number of carbonyl (C=O) groups excluding carboxylic acids is 1. The molecule has 3 aromatic carbocycles. The van der Waals surface area contributed by atoms with Gasteiger partial charge in [0.2, 0.25) is 0 Å². The van der Waals surface area contributed by atoms with Crippen molar-refractivity contribution in [2.75, 3.05) is 13.2 Å². The maximum absolute atomic E-state index is 12.3. The van der Waals surface area contributed by atoms with E-state index < -0.39 is 4.92 Å². The molecular formula is C25H24IN3O6. The van der Waals surface area contributed by atoms with Gasteiger partial charge in [0, 0.05) is 17.7 Å². The van der Waals surface area contributed by atoms with Crippen LogP contribution < -0.4 is 19.6 Å². The number of hydrogen-bond donors (Lipinski definition) is 1. The SMILES string of the molecule is CCOc1ccc(C(=O)N/N=C\c2cc(I)c(OCc3ccc([N+](=O)[O-])cc3)c(OCC)c2)cc1. The number of hydrazone groups is 1. The molecule has 35 heavy (non-hydrogen) atoms. The van der Waals surface area contributed by atoms with Gasteiger partial charge in [-0.05, 0) is 96.1 Å². The number of non-ortho nitro benzene ring substituents is 1. The summed E-state index contributed by atoms with van der Waals surface area (Å²) in [7, 11) is 0. The van der Waals surface area contributed by atoms with Crippen LogP contribution in [0, 0.1) is 13.7 Å². The van der Waals surface area contributed by atoms with E-state index in [0.717, 1.165) is 9.13 Å². The van der Waals surface area contributed by atoms with Gasteiger partial charge in [0.25, 0.3) is 11.6 Å². The predicted molar refractivity (Wildman–Crippen MR) is 140 cm³/mol. The molecule has 1 amide bonds. The monoisotopic (exact) mass is 589 g/mol. The molecule has 0 aliphatic rings. The third kappa shape index (κ3) is 7.41. The molecular weight excluding hydrogens is 565 g/mol. The Bertz CT molecular complexity index is 1200. The molecule has 0 radical (unpaired) electrons. The van der Waals surface area contributed by atoms with Gasteiger partial charge in [-0.2, -0.15) is 5.10 Å². The lowest BCUT2D eigenvalue weighted by Crippen LogP contribution is -2.17. The third-order valence-electron chi connectivity index (χ3n) is 4.67. The van der Waals surface area contributed by atoms with Crippen molar-refractivity contribution in [1.29, 1.82) is 0 Å². The van der Waals surface area contributed by atoms with Crippen LogP contribution in [-0.2, 0) is 6.61 Å². The fourth-order valence-corrected chi connectivity index (χ4v) is 3.82. The number of halogens is 1. The molecule has 0 spiro atoms. The summed E-state index contributed by atoms with van der Waals surface area (Å²) in [6.07, 6.45) is 1.53. The number of ether oxygens (including phenoxy) is 3. The Morgan fingerprint density at radius 2 is 1.71 bits per heavy atom. The maximum atomic E-state index is 12.3. The van der Waals surface area contributed by atoms with E-state index in [1.165, 1.54) is 18.3 Å². The van der Waals surface area contributed by atoms with E-state index >= 15 is 0 Å². The largest absolute Gasteiger partial charge is 0.494 e. The highest BCUT2D eigenvalue weighted by molar-refractivity contribution is 14.1. The Hall–Kier alpha value is -3.67. The molecule has 0 aromatic heterocycles. The Kier molecular flexibility index (Phi) is 9.41. The van der Waals surface area contributed by atoms with Crippen LogP contribution in [0.3, 0.4) is 0 Å². The van der Waals surface area contributed by atoms with E-state index in [2.05, 4.69) is 33.1 Å². The topological polar surface area (TPSA) is 112 Å². The van der Waals surface area contributed by atoms with Gasteiger partial charge in [0.15, 0.2) is 11.5 Å². The van der Waals surface area contributed by atoms with Crippen LogP contribution in [0.25, 0.3) is 0 Å². The molecule has 0 saturated carbocycles. The highest BCUT2D eigenvalue weighted by Gasteiger charge is 2.13. The van der Waals surface area contributed by atoms with Crippen LogP contribution in [-0.4, -0.2) is 30.3 Å². The number of amides is 1. The van der Waals surface area contributed by atoms with Crippen LogP contribution in [0.2, 0.25) is 0 Å². The summed E-state index contributed by atoms with van der Waals surface area (Å²) in [4.78, 5) is 22.7. The standard InChI is InChI=1S/C25H24IN3O6/c1-3-33-21-11-7-19(8-12-21)25(30)28-27-15-18-13-22(26)24(23(14-18)34-4-2)35-16-17-5-9-20(10-6-17)29(31)32/h5-15H,3-4,16H2,1-2H3,(H,28,30)/b27-15-. The van der Waals surface area contributed by atoms with Crippen LogP contribution in [0.4, 0.5) is 5.69 Å². The Morgan fingerprint density at radius 3 is 2.34 bits per heavy atom. The number of nitro groups is 1. The van der Waals surface area contributed by atoms with E-state index in [0.29, 0.717) is 41.6 Å². The van der Waals surface area contributed by atoms with Gasteiger partial charge in [-0.3, -0.25) is 14.9 Å². The Labute approximate surface area is 216 Å². The first-order valence-electron chi connectivity index (χ1n) is 10.8. The smallest absolute Gasteiger partial charge is 0.271 e. The molecule has 0 saturated heterocycles. The van der Waals surface area contributed by atoms with Crippen molar-refractivity contribution in [1.82, 2.24) is 5.43 Å². The first-order chi connectivity index (χ1) is 16.9. The zero-order valence-electron chi connectivity index (χ0n) is 19.2. The van der Waals surface area contributed by atoms with Crippen LogP contribution in [0.5, 0.6) is 17.2 Å². The first kappa shape index (κ1) is 25.9. The summed E-state index contributed by atoms with van der Waals surface area (Å²) in [5.41, 5.74) is 4.50. The molecule has 9 nitrogen and oxygen atoms in total. The second kappa shape index (κ2) is 12.7. The number of benzene rings is 3. The van der Waals surface area contributed by atoms with Crippen LogP contribution >= 0.6 is 22.6 Å². The summed E-state index contributed by atoms with van der Waals surface area (Å²) in [6.45, 7) is 4.97. The quantitative estimate of drug-likeness (QED) is 0.140. The lowest BCUT2D eigenvalue weighted by Gasteiger charge is -2.14.